The number of sulfonamides is 1. The van der Waals surface area contributed by atoms with Crippen molar-refractivity contribution >= 4 is 48.9 Å². The van der Waals surface area contributed by atoms with Gasteiger partial charge in [0.15, 0.2) is 0 Å². The molecule has 0 fully saturated rings. The number of hydrogen-bond acceptors (Lipinski definition) is 6. The lowest BCUT2D eigenvalue weighted by molar-refractivity contribution is 0.0607. The van der Waals surface area contributed by atoms with Crippen LogP contribution in [0.4, 0.5) is 5.69 Å². The highest BCUT2D eigenvalue weighted by Crippen LogP contribution is 2.31. The standard InChI is InChI=1S/C14H14BrNO5S2/c1-3-21-11-5-4-9(15)8-12(11)23(18,19)16-10-6-7-22-13(10)14(17)20-2/h4-8,16H,3H2,1-2H3. The molecule has 23 heavy (non-hydrogen) atoms. The van der Waals surface area contributed by atoms with E-state index < -0.39 is 16.0 Å². The molecule has 1 aromatic heterocycles. The first-order chi connectivity index (χ1) is 10.9. The van der Waals surface area contributed by atoms with E-state index in [1.54, 1.807) is 24.4 Å². The first kappa shape index (κ1) is 17.8. The molecule has 0 aliphatic carbocycles. The average molecular weight is 420 g/mol. The SMILES string of the molecule is CCOc1ccc(Br)cc1S(=O)(=O)Nc1ccsc1C(=O)OC. The number of carbonyl (C=O) groups excluding carboxylic acids is 1. The molecular weight excluding hydrogens is 406 g/mol. The summed E-state index contributed by atoms with van der Waals surface area (Å²) < 4.78 is 38.3. The molecule has 1 heterocycles. The van der Waals surface area contributed by atoms with E-state index in [2.05, 4.69) is 25.4 Å². The van der Waals surface area contributed by atoms with Crippen molar-refractivity contribution in [3.05, 3.63) is 39.0 Å². The molecule has 0 amide bonds. The maximum Gasteiger partial charge on any atom is 0.350 e. The summed E-state index contributed by atoms with van der Waals surface area (Å²) in [5.74, 6) is -0.366. The molecule has 1 N–H and O–H groups in total. The third-order valence-electron chi connectivity index (χ3n) is 2.78. The quantitative estimate of drug-likeness (QED) is 0.724. The third kappa shape index (κ3) is 4.04. The fourth-order valence-corrected chi connectivity index (χ4v) is 4.39. The zero-order valence-electron chi connectivity index (χ0n) is 12.3. The minimum absolute atomic E-state index is 0.0178. The van der Waals surface area contributed by atoms with Gasteiger partial charge in [-0.15, -0.1) is 11.3 Å². The topological polar surface area (TPSA) is 81.7 Å². The molecule has 0 aliphatic heterocycles. The van der Waals surface area contributed by atoms with Gasteiger partial charge in [0.2, 0.25) is 0 Å². The van der Waals surface area contributed by atoms with E-state index in [0.717, 1.165) is 11.3 Å². The molecule has 0 aliphatic rings. The van der Waals surface area contributed by atoms with Gasteiger partial charge in [-0.25, -0.2) is 13.2 Å². The van der Waals surface area contributed by atoms with Crippen LogP contribution in [0.5, 0.6) is 5.75 Å². The van der Waals surface area contributed by atoms with Crippen LogP contribution in [0.25, 0.3) is 0 Å². The Hall–Kier alpha value is -1.58. The zero-order valence-corrected chi connectivity index (χ0v) is 15.5. The molecule has 1 aromatic carbocycles. The van der Waals surface area contributed by atoms with Gasteiger partial charge in [-0.1, -0.05) is 15.9 Å². The van der Waals surface area contributed by atoms with Crippen molar-refractivity contribution in [2.24, 2.45) is 0 Å². The number of benzene rings is 1. The van der Waals surface area contributed by atoms with E-state index in [9.17, 15) is 13.2 Å². The van der Waals surface area contributed by atoms with Crippen molar-refractivity contribution in [1.82, 2.24) is 0 Å². The van der Waals surface area contributed by atoms with Crippen molar-refractivity contribution < 1.29 is 22.7 Å². The molecule has 0 saturated carbocycles. The van der Waals surface area contributed by atoms with Crippen molar-refractivity contribution in [1.29, 1.82) is 0 Å². The van der Waals surface area contributed by atoms with Gasteiger partial charge >= 0.3 is 5.97 Å². The molecule has 0 bridgehead atoms. The van der Waals surface area contributed by atoms with Crippen LogP contribution in [0.1, 0.15) is 16.6 Å². The fourth-order valence-electron chi connectivity index (χ4n) is 1.81. The smallest absolute Gasteiger partial charge is 0.350 e. The number of esters is 1. The minimum atomic E-state index is -3.93. The molecule has 9 heteroatoms. The Labute approximate surface area is 146 Å². The number of ether oxygens (including phenoxy) is 2. The summed E-state index contributed by atoms with van der Waals surface area (Å²) in [5.41, 5.74) is 0.171. The number of thiophene rings is 1. The lowest BCUT2D eigenvalue weighted by Gasteiger charge is -2.13. The van der Waals surface area contributed by atoms with Gasteiger partial charge in [0.25, 0.3) is 10.0 Å². The Balaban J connectivity index is 2.42. The number of methoxy groups -OCH3 is 1. The highest BCUT2D eigenvalue weighted by molar-refractivity contribution is 9.10. The summed E-state index contributed by atoms with van der Waals surface area (Å²) in [6.07, 6.45) is 0. The second kappa shape index (κ2) is 7.33. The Bertz CT molecular complexity index is 816. The van der Waals surface area contributed by atoms with Gasteiger partial charge < -0.3 is 9.47 Å². The molecule has 2 aromatic rings. The fraction of sp³-hybridized carbons (Fsp3) is 0.214. The van der Waals surface area contributed by atoms with Gasteiger partial charge in [-0.3, -0.25) is 4.72 Å². The summed E-state index contributed by atoms with van der Waals surface area (Å²) in [5, 5.41) is 1.61. The van der Waals surface area contributed by atoms with Crippen molar-refractivity contribution in [2.75, 3.05) is 18.4 Å². The first-order valence-corrected chi connectivity index (χ1v) is 9.65. The van der Waals surface area contributed by atoms with Crippen LogP contribution in [0.2, 0.25) is 0 Å². The Kier molecular flexibility index (Phi) is 5.66. The second-order valence-electron chi connectivity index (χ2n) is 4.28. The highest BCUT2D eigenvalue weighted by Gasteiger charge is 2.24. The second-order valence-corrected chi connectivity index (χ2v) is 7.77. The zero-order chi connectivity index (χ0) is 17.0. The van der Waals surface area contributed by atoms with E-state index in [1.807, 2.05) is 0 Å². The summed E-state index contributed by atoms with van der Waals surface area (Å²) in [4.78, 5) is 11.8. The Morgan fingerprint density at radius 2 is 2.09 bits per heavy atom. The van der Waals surface area contributed by atoms with Crippen molar-refractivity contribution in [2.45, 2.75) is 11.8 Å². The van der Waals surface area contributed by atoms with Gasteiger partial charge in [0.05, 0.1) is 19.4 Å². The van der Waals surface area contributed by atoms with E-state index in [1.165, 1.54) is 19.2 Å². The first-order valence-electron chi connectivity index (χ1n) is 6.50. The molecule has 2 rings (SSSR count). The number of carbonyl (C=O) groups is 1. The molecule has 0 spiro atoms. The molecule has 124 valence electrons. The summed E-state index contributed by atoms with van der Waals surface area (Å²) in [7, 11) is -2.69. The van der Waals surface area contributed by atoms with Crippen molar-refractivity contribution in [3.63, 3.8) is 0 Å². The Morgan fingerprint density at radius 3 is 2.74 bits per heavy atom. The normalized spacial score (nSPS) is 11.1. The lowest BCUT2D eigenvalue weighted by Crippen LogP contribution is -2.16. The summed E-state index contributed by atoms with van der Waals surface area (Å²) in [6, 6.07) is 6.20. The van der Waals surface area contributed by atoms with E-state index in [-0.39, 0.29) is 21.2 Å². The Morgan fingerprint density at radius 1 is 1.35 bits per heavy atom. The molecule has 0 unspecified atom stereocenters. The van der Waals surface area contributed by atoms with Crippen LogP contribution in [0.15, 0.2) is 39.0 Å². The third-order valence-corrected chi connectivity index (χ3v) is 5.55. The average Bonchev–Trinajstić information content (AvgIpc) is 2.95. The van der Waals surface area contributed by atoms with Crippen molar-refractivity contribution in [3.8, 4) is 5.75 Å². The summed E-state index contributed by atoms with van der Waals surface area (Å²) in [6.45, 7) is 2.09. The number of hydrogen-bond donors (Lipinski definition) is 1. The van der Waals surface area contributed by atoms with Gasteiger partial charge in [0.1, 0.15) is 15.5 Å². The lowest BCUT2D eigenvalue weighted by atomic mass is 10.3. The molecule has 0 radical (unpaired) electrons. The van der Waals surface area contributed by atoms with E-state index in [4.69, 9.17) is 4.74 Å². The van der Waals surface area contributed by atoms with Gasteiger partial charge in [0, 0.05) is 4.47 Å². The van der Waals surface area contributed by atoms with Crippen LogP contribution in [0, 0.1) is 0 Å². The minimum Gasteiger partial charge on any atom is -0.492 e. The van der Waals surface area contributed by atoms with E-state index in [0.29, 0.717) is 11.1 Å². The number of anilines is 1. The van der Waals surface area contributed by atoms with Crippen LogP contribution in [-0.4, -0.2) is 28.1 Å². The maximum atomic E-state index is 12.7. The number of nitrogens with one attached hydrogen (secondary N) is 1. The maximum absolute atomic E-state index is 12.7. The van der Waals surface area contributed by atoms with Crippen LogP contribution >= 0.6 is 27.3 Å². The van der Waals surface area contributed by atoms with Crippen LogP contribution in [0.3, 0.4) is 0 Å². The number of halogens is 1. The molecule has 6 nitrogen and oxygen atoms in total. The largest absolute Gasteiger partial charge is 0.492 e. The monoisotopic (exact) mass is 419 g/mol. The molecule has 0 atom stereocenters. The summed E-state index contributed by atoms with van der Waals surface area (Å²) >= 11 is 4.34. The van der Waals surface area contributed by atoms with Crippen LogP contribution < -0.4 is 9.46 Å². The predicted octanol–water partition coefficient (Wildman–Crippen LogP) is 3.50. The highest BCUT2D eigenvalue weighted by atomic mass is 79.9. The van der Waals surface area contributed by atoms with Gasteiger partial charge in [-0.2, -0.15) is 0 Å². The van der Waals surface area contributed by atoms with Crippen LogP contribution in [-0.2, 0) is 14.8 Å². The number of rotatable bonds is 6. The van der Waals surface area contributed by atoms with Gasteiger partial charge in [-0.05, 0) is 36.6 Å². The molecular formula is C14H14BrNO5S2. The predicted molar refractivity (Wildman–Crippen MR) is 91.8 cm³/mol. The molecule has 0 saturated heterocycles. The van der Waals surface area contributed by atoms with E-state index >= 15 is 0 Å².